The molecule has 0 aliphatic heterocycles. The lowest BCUT2D eigenvalue weighted by Crippen LogP contribution is -2.25. The molecule has 0 saturated heterocycles. The summed E-state index contributed by atoms with van der Waals surface area (Å²) < 4.78 is 0. The van der Waals surface area contributed by atoms with E-state index in [0.29, 0.717) is 0 Å². The monoisotopic (exact) mass is 233 g/mol. The number of pyridine rings is 1. The van der Waals surface area contributed by atoms with Crippen LogP contribution in [0.1, 0.15) is 20.8 Å². The third-order valence-electron chi connectivity index (χ3n) is 1.96. The molecule has 0 amide bonds. The Labute approximate surface area is 99.6 Å². The Kier molecular flexibility index (Phi) is 2.92. The molecule has 2 heterocycles. The second-order valence-corrected chi connectivity index (χ2v) is 5.51. The highest BCUT2D eigenvalue weighted by Gasteiger charge is 2.12. The highest BCUT2D eigenvalue weighted by atomic mass is 32.1. The third-order valence-corrected chi connectivity index (χ3v) is 2.72. The summed E-state index contributed by atoms with van der Waals surface area (Å²) in [6, 6.07) is 3.94. The van der Waals surface area contributed by atoms with Gasteiger partial charge in [-0.15, -0.1) is 11.3 Å². The number of aromatic nitrogens is 2. The Balaban J connectivity index is 2.21. The van der Waals surface area contributed by atoms with Crippen LogP contribution in [-0.4, -0.2) is 15.5 Å². The van der Waals surface area contributed by atoms with Gasteiger partial charge in [-0.3, -0.25) is 4.98 Å². The molecule has 2 aromatic heterocycles. The SMILES string of the molecule is CC(C)(C)Nc1nc(-c2ccncc2)cs1. The van der Waals surface area contributed by atoms with Gasteiger partial charge in [0.2, 0.25) is 0 Å². The predicted octanol–water partition coefficient (Wildman–Crippen LogP) is 3.42. The molecule has 84 valence electrons. The number of hydrogen-bond donors (Lipinski definition) is 1. The van der Waals surface area contributed by atoms with E-state index in [1.807, 2.05) is 12.1 Å². The molecule has 0 saturated carbocycles. The molecule has 2 rings (SSSR count). The summed E-state index contributed by atoms with van der Waals surface area (Å²) in [5.41, 5.74) is 2.15. The summed E-state index contributed by atoms with van der Waals surface area (Å²) >= 11 is 1.63. The minimum Gasteiger partial charge on any atom is -0.357 e. The Morgan fingerprint density at radius 3 is 2.50 bits per heavy atom. The minimum atomic E-state index is 0.0490. The van der Waals surface area contributed by atoms with E-state index in [2.05, 4.69) is 41.4 Å². The summed E-state index contributed by atoms with van der Waals surface area (Å²) in [5.74, 6) is 0. The van der Waals surface area contributed by atoms with Crippen LogP contribution in [0.5, 0.6) is 0 Å². The average Bonchev–Trinajstić information content (AvgIpc) is 2.65. The van der Waals surface area contributed by atoms with Gasteiger partial charge in [0.05, 0.1) is 5.69 Å². The van der Waals surface area contributed by atoms with Gasteiger partial charge in [0.25, 0.3) is 0 Å². The Bertz CT molecular complexity index is 457. The van der Waals surface area contributed by atoms with Crippen LogP contribution in [0.25, 0.3) is 11.3 Å². The van der Waals surface area contributed by atoms with Gasteiger partial charge in [-0.2, -0.15) is 0 Å². The fourth-order valence-electron chi connectivity index (χ4n) is 1.31. The van der Waals surface area contributed by atoms with Crippen molar-refractivity contribution in [2.75, 3.05) is 5.32 Å². The standard InChI is InChI=1S/C12H15N3S/c1-12(2,3)15-11-14-10(8-16-11)9-4-6-13-7-5-9/h4-8H,1-3H3,(H,14,15). The van der Waals surface area contributed by atoms with Crippen LogP contribution in [0.4, 0.5) is 5.13 Å². The third kappa shape index (κ3) is 2.79. The smallest absolute Gasteiger partial charge is 0.183 e. The Hall–Kier alpha value is -1.42. The first-order chi connectivity index (χ1) is 7.54. The second kappa shape index (κ2) is 4.22. The van der Waals surface area contributed by atoms with E-state index in [4.69, 9.17) is 0 Å². The van der Waals surface area contributed by atoms with Crippen LogP contribution in [-0.2, 0) is 0 Å². The zero-order chi connectivity index (χ0) is 11.6. The molecule has 0 radical (unpaired) electrons. The lowest BCUT2D eigenvalue weighted by atomic mass is 10.1. The Morgan fingerprint density at radius 1 is 1.19 bits per heavy atom. The highest BCUT2D eigenvalue weighted by molar-refractivity contribution is 7.14. The van der Waals surface area contributed by atoms with Crippen LogP contribution in [0, 0.1) is 0 Å². The van der Waals surface area contributed by atoms with Crippen molar-refractivity contribution >= 4 is 16.5 Å². The molecular weight excluding hydrogens is 218 g/mol. The van der Waals surface area contributed by atoms with Crippen LogP contribution in [0.2, 0.25) is 0 Å². The molecule has 3 nitrogen and oxygen atoms in total. The van der Waals surface area contributed by atoms with E-state index in [1.165, 1.54) is 0 Å². The number of rotatable bonds is 2. The number of thiazole rings is 1. The van der Waals surface area contributed by atoms with Crippen LogP contribution in [0.3, 0.4) is 0 Å². The first-order valence-corrected chi connectivity index (χ1v) is 6.07. The van der Waals surface area contributed by atoms with E-state index in [1.54, 1.807) is 23.7 Å². The number of nitrogens with one attached hydrogen (secondary N) is 1. The van der Waals surface area contributed by atoms with Gasteiger partial charge in [-0.05, 0) is 32.9 Å². The zero-order valence-electron chi connectivity index (χ0n) is 9.69. The van der Waals surface area contributed by atoms with E-state index >= 15 is 0 Å². The van der Waals surface area contributed by atoms with Crippen molar-refractivity contribution in [1.29, 1.82) is 0 Å². The summed E-state index contributed by atoms with van der Waals surface area (Å²) in [5, 5.41) is 6.38. The average molecular weight is 233 g/mol. The molecule has 0 aliphatic rings. The van der Waals surface area contributed by atoms with Gasteiger partial charge in [-0.1, -0.05) is 0 Å². The molecule has 0 aromatic carbocycles. The van der Waals surface area contributed by atoms with E-state index in [0.717, 1.165) is 16.4 Å². The summed E-state index contributed by atoms with van der Waals surface area (Å²) in [4.78, 5) is 8.54. The lowest BCUT2D eigenvalue weighted by molar-refractivity contribution is 0.633. The van der Waals surface area contributed by atoms with Gasteiger partial charge < -0.3 is 5.32 Å². The van der Waals surface area contributed by atoms with E-state index in [-0.39, 0.29) is 5.54 Å². The van der Waals surface area contributed by atoms with Crippen LogP contribution in [0.15, 0.2) is 29.9 Å². The molecular formula is C12H15N3S. The number of hydrogen-bond acceptors (Lipinski definition) is 4. The summed E-state index contributed by atoms with van der Waals surface area (Å²) in [6.07, 6.45) is 3.57. The van der Waals surface area contributed by atoms with Crippen molar-refractivity contribution in [3.05, 3.63) is 29.9 Å². The fraction of sp³-hybridized carbons (Fsp3) is 0.333. The van der Waals surface area contributed by atoms with Crippen molar-refractivity contribution in [2.24, 2.45) is 0 Å². The zero-order valence-corrected chi connectivity index (χ0v) is 10.5. The van der Waals surface area contributed by atoms with Gasteiger partial charge in [0.1, 0.15) is 0 Å². The van der Waals surface area contributed by atoms with Crippen molar-refractivity contribution < 1.29 is 0 Å². The maximum absolute atomic E-state index is 4.55. The first-order valence-electron chi connectivity index (χ1n) is 5.19. The molecule has 2 aromatic rings. The molecule has 0 unspecified atom stereocenters. The van der Waals surface area contributed by atoms with Crippen molar-refractivity contribution in [2.45, 2.75) is 26.3 Å². The fourth-order valence-corrected chi connectivity index (χ4v) is 2.24. The molecule has 16 heavy (non-hydrogen) atoms. The molecule has 0 spiro atoms. The predicted molar refractivity (Wildman–Crippen MR) is 68.7 cm³/mol. The lowest BCUT2D eigenvalue weighted by Gasteiger charge is -2.19. The van der Waals surface area contributed by atoms with E-state index in [9.17, 15) is 0 Å². The first kappa shape index (κ1) is 11.1. The summed E-state index contributed by atoms with van der Waals surface area (Å²) in [7, 11) is 0. The van der Waals surface area contributed by atoms with Crippen molar-refractivity contribution in [1.82, 2.24) is 9.97 Å². The van der Waals surface area contributed by atoms with Gasteiger partial charge in [0.15, 0.2) is 5.13 Å². The number of anilines is 1. The molecule has 4 heteroatoms. The largest absolute Gasteiger partial charge is 0.357 e. The van der Waals surface area contributed by atoms with E-state index < -0.39 is 0 Å². The molecule has 1 N–H and O–H groups in total. The topological polar surface area (TPSA) is 37.8 Å². The normalized spacial score (nSPS) is 11.4. The Morgan fingerprint density at radius 2 is 1.88 bits per heavy atom. The minimum absolute atomic E-state index is 0.0490. The van der Waals surface area contributed by atoms with Crippen molar-refractivity contribution in [3.63, 3.8) is 0 Å². The highest BCUT2D eigenvalue weighted by Crippen LogP contribution is 2.26. The maximum Gasteiger partial charge on any atom is 0.183 e. The van der Waals surface area contributed by atoms with Gasteiger partial charge in [-0.25, -0.2) is 4.98 Å². The maximum atomic E-state index is 4.55. The molecule has 0 atom stereocenters. The van der Waals surface area contributed by atoms with Crippen LogP contribution >= 0.6 is 11.3 Å². The van der Waals surface area contributed by atoms with Crippen molar-refractivity contribution in [3.8, 4) is 11.3 Å². The quantitative estimate of drug-likeness (QED) is 0.863. The van der Waals surface area contributed by atoms with Gasteiger partial charge >= 0.3 is 0 Å². The molecule has 0 aliphatic carbocycles. The second-order valence-electron chi connectivity index (χ2n) is 4.65. The van der Waals surface area contributed by atoms with Gasteiger partial charge in [0, 0.05) is 28.9 Å². The molecule has 0 bridgehead atoms. The molecule has 0 fully saturated rings. The van der Waals surface area contributed by atoms with Crippen LogP contribution < -0.4 is 5.32 Å². The number of nitrogens with zero attached hydrogens (tertiary/aromatic N) is 2. The summed E-state index contributed by atoms with van der Waals surface area (Å²) in [6.45, 7) is 6.38.